The summed E-state index contributed by atoms with van der Waals surface area (Å²) < 4.78 is 1.72. The van der Waals surface area contributed by atoms with Crippen LogP contribution in [0.1, 0.15) is 27.3 Å². The standard InChI is InChI=1S/C17H15N5O3/c1-11-3-8-15-19-12(2)16(21(15)10-11)17(23)20-18-9-13-4-6-14(7-5-13)22(24)25/h3-10H,1-2H3,(H,20,23)/b18-9-. The number of benzene rings is 1. The molecule has 1 amide bonds. The molecule has 0 aliphatic rings. The van der Waals surface area contributed by atoms with Crippen LogP contribution in [0.2, 0.25) is 0 Å². The van der Waals surface area contributed by atoms with Crippen LogP contribution in [0.25, 0.3) is 5.65 Å². The number of aromatic nitrogens is 2. The van der Waals surface area contributed by atoms with Gasteiger partial charge in [0.2, 0.25) is 0 Å². The first kappa shape index (κ1) is 16.3. The fraction of sp³-hybridized carbons (Fsp3) is 0.118. The Morgan fingerprint density at radius 1 is 1.24 bits per heavy atom. The van der Waals surface area contributed by atoms with Gasteiger partial charge in [0.1, 0.15) is 11.3 Å². The van der Waals surface area contributed by atoms with Gasteiger partial charge in [0.05, 0.1) is 16.8 Å². The highest BCUT2D eigenvalue weighted by atomic mass is 16.6. The molecule has 126 valence electrons. The Morgan fingerprint density at radius 3 is 2.64 bits per heavy atom. The Bertz CT molecular complexity index is 989. The summed E-state index contributed by atoms with van der Waals surface area (Å²) in [5.74, 6) is -0.381. The van der Waals surface area contributed by atoms with Crippen LogP contribution in [0, 0.1) is 24.0 Å². The molecule has 8 nitrogen and oxygen atoms in total. The van der Waals surface area contributed by atoms with E-state index in [1.807, 2.05) is 25.3 Å². The number of carbonyl (C=O) groups excluding carboxylic acids is 1. The molecule has 8 heteroatoms. The number of fused-ring (bicyclic) bond motifs is 1. The third kappa shape index (κ3) is 3.37. The quantitative estimate of drug-likeness (QED) is 0.449. The molecule has 0 spiro atoms. The molecule has 3 rings (SSSR count). The molecule has 25 heavy (non-hydrogen) atoms. The van der Waals surface area contributed by atoms with E-state index in [-0.39, 0.29) is 11.6 Å². The number of pyridine rings is 1. The second kappa shape index (κ2) is 6.52. The van der Waals surface area contributed by atoms with Crippen molar-refractivity contribution in [3.63, 3.8) is 0 Å². The normalized spacial score (nSPS) is 11.1. The molecule has 0 radical (unpaired) electrons. The van der Waals surface area contributed by atoms with Crippen LogP contribution in [0.3, 0.4) is 0 Å². The van der Waals surface area contributed by atoms with Crippen LogP contribution in [0.4, 0.5) is 5.69 Å². The first-order valence-electron chi connectivity index (χ1n) is 7.49. The molecule has 0 unspecified atom stereocenters. The average Bonchev–Trinajstić information content (AvgIpc) is 2.90. The summed E-state index contributed by atoms with van der Waals surface area (Å²) in [7, 11) is 0. The van der Waals surface area contributed by atoms with E-state index in [0.717, 1.165) is 5.56 Å². The third-order valence-electron chi connectivity index (χ3n) is 3.64. The second-order valence-corrected chi connectivity index (χ2v) is 5.53. The zero-order valence-corrected chi connectivity index (χ0v) is 13.6. The van der Waals surface area contributed by atoms with Crippen molar-refractivity contribution in [2.24, 2.45) is 5.10 Å². The van der Waals surface area contributed by atoms with E-state index in [1.54, 1.807) is 23.5 Å². The lowest BCUT2D eigenvalue weighted by atomic mass is 10.2. The van der Waals surface area contributed by atoms with E-state index < -0.39 is 4.92 Å². The van der Waals surface area contributed by atoms with Gasteiger partial charge in [-0.25, -0.2) is 10.4 Å². The van der Waals surface area contributed by atoms with E-state index >= 15 is 0 Å². The number of nitro benzene ring substituents is 1. The van der Waals surface area contributed by atoms with Crippen molar-refractivity contribution >= 4 is 23.5 Å². The van der Waals surface area contributed by atoms with Gasteiger partial charge in [-0.15, -0.1) is 0 Å². The number of rotatable bonds is 4. The molecule has 2 heterocycles. The van der Waals surface area contributed by atoms with Crippen molar-refractivity contribution in [1.29, 1.82) is 0 Å². The number of nitrogens with one attached hydrogen (secondary N) is 1. The van der Waals surface area contributed by atoms with E-state index in [9.17, 15) is 14.9 Å². The summed E-state index contributed by atoms with van der Waals surface area (Å²) in [6.45, 7) is 3.69. The highest BCUT2D eigenvalue weighted by Gasteiger charge is 2.16. The highest BCUT2D eigenvalue weighted by molar-refractivity contribution is 5.95. The molecule has 3 aromatic rings. The van der Waals surface area contributed by atoms with Crippen LogP contribution < -0.4 is 5.43 Å². The molecule has 0 saturated heterocycles. The van der Waals surface area contributed by atoms with E-state index in [1.165, 1.54) is 18.3 Å². The van der Waals surface area contributed by atoms with Gasteiger partial charge in [0.15, 0.2) is 0 Å². The minimum atomic E-state index is -0.474. The van der Waals surface area contributed by atoms with Gasteiger partial charge in [0, 0.05) is 18.3 Å². The van der Waals surface area contributed by atoms with Crippen LogP contribution >= 0.6 is 0 Å². The lowest BCUT2D eigenvalue weighted by molar-refractivity contribution is -0.384. The first-order valence-corrected chi connectivity index (χ1v) is 7.49. The van der Waals surface area contributed by atoms with Crippen LogP contribution in [0.5, 0.6) is 0 Å². The number of hydrogen-bond acceptors (Lipinski definition) is 5. The van der Waals surface area contributed by atoms with E-state index in [0.29, 0.717) is 22.6 Å². The van der Waals surface area contributed by atoms with E-state index in [2.05, 4.69) is 15.5 Å². The molecule has 0 atom stereocenters. The Morgan fingerprint density at radius 2 is 1.96 bits per heavy atom. The molecule has 2 aromatic heterocycles. The summed E-state index contributed by atoms with van der Waals surface area (Å²) >= 11 is 0. The zero-order chi connectivity index (χ0) is 18.0. The molecule has 1 aromatic carbocycles. The molecular formula is C17H15N5O3. The predicted molar refractivity (Wildman–Crippen MR) is 92.8 cm³/mol. The minimum absolute atomic E-state index is 0.00194. The summed E-state index contributed by atoms with van der Waals surface area (Å²) in [5, 5.41) is 14.5. The molecule has 0 saturated carbocycles. The Labute approximate surface area is 143 Å². The number of nitro groups is 1. The molecular weight excluding hydrogens is 322 g/mol. The van der Waals surface area contributed by atoms with Crippen molar-refractivity contribution in [1.82, 2.24) is 14.8 Å². The van der Waals surface area contributed by atoms with Gasteiger partial charge >= 0.3 is 0 Å². The van der Waals surface area contributed by atoms with Gasteiger partial charge in [-0.05, 0) is 43.2 Å². The summed E-state index contributed by atoms with van der Waals surface area (Å²) in [6, 6.07) is 9.63. The Balaban J connectivity index is 1.77. The fourth-order valence-corrected chi connectivity index (χ4v) is 2.44. The summed E-state index contributed by atoms with van der Waals surface area (Å²) in [4.78, 5) is 26.9. The Kier molecular flexibility index (Phi) is 4.25. The number of aryl methyl sites for hydroxylation is 2. The molecule has 0 aliphatic carbocycles. The third-order valence-corrected chi connectivity index (χ3v) is 3.64. The maximum Gasteiger partial charge on any atom is 0.290 e. The van der Waals surface area contributed by atoms with Gasteiger partial charge < -0.3 is 0 Å². The molecule has 0 fully saturated rings. The van der Waals surface area contributed by atoms with Crippen molar-refractivity contribution in [3.05, 3.63) is 75.2 Å². The maximum absolute atomic E-state index is 12.4. The zero-order valence-electron chi connectivity index (χ0n) is 13.6. The number of nitrogens with zero attached hydrogens (tertiary/aromatic N) is 4. The largest absolute Gasteiger partial charge is 0.295 e. The molecule has 1 N–H and O–H groups in total. The monoisotopic (exact) mass is 337 g/mol. The first-order chi connectivity index (χ1) is 12.0. The van der Waals surface area contributed by atoms with Crippen molar-refractivity contribution in [3.8, 4) is 0 Å². The van der Waals surface area contributed by atoms with Gasteiger partial charge in [0.25, 0.3) is 11.6 Å². The number of hydrogen-bond donors (Lipinski definition) is 1. The number of amides is 1. The fourth-order valence-electron chi connectivity index (χ4n) is 2.44. The lowest BCUT2D eigenvalue weighted by Crippen LogP contribution is -2.20. The van der Waals surface area contributed by atoms with Gasteiger partial charge in [-0.2, -0.15) is 5.10 Å². The number of hydrazone groups is 1. The van der Waals surface area contributed by atoms with Crippen molar-refractivity contribution in [2.45, 2.75) is 13.8 Å². The highest BCUT2D eigenvalue weighted by Crippen LogP contribution is 2.13. The minimum Gasteiger partial charge on any atom is -0.295 e. The molecule has 0 bridgehead atoms. The number of non-ortho nitro benzene ring substituents is 1. The second-order valence-electron chi connectivity index (χ2n) is 5.53. The topological polar surface area (TPSA) is 102 Å². The predicted octanol–water partition coefficient (Wildman–Crippen LogP) is 2.62. The maximum atomic E-state index is 12.4. The SMILES string of the molecule is Cc1ccc2nc(C)c(C(=O)N/N=C\c3ccc([N+](=O)[O-])cc3)n2c1. The van der Waals surface area contributed by atoms with E-state index in [4.69, 9.17) is 0 Å². The number of imidazole rings is 1. The van der Waals surface area contributed by atoms with Crippen LogP contribution in [-0.2, 0) is 0 Å². The van der Waals surface area contributed by atoms with Crippen molar-refractivity contribution in [2.75, 3.05) is 0 Å². The molecule has 0 aliphatic heterocycles. The van der Waals surface area contributed by atoms with Crippen LogP contribution in [0.15, 0.2) is 47.7 Å². The smallest absolute Gasteiger partial charge is 0.290 e. The average molecular weight is 337 g/mol. The lowest BCUT2D eigenvalue weighted by Gasteiger charge is -2.02. The summed E-state index contributed by atoms with van der Waals surface area (Å²) in [5.41, 5.74) is 5.81. The number of carbonyl (C=O) groups is 1. The Hall–Kier alpha value is -3.55. The van der Waals surface area contributed by atoms with Crippen molar-refractivity contribution < 1.29 is 9.72 Å². The summed E-state index contributed by atoms with van der Waals surface area (Å²) in [6.07, 6.45) is 3.26. The van der Waals surface area contributed by atoms with Crippen LogP contribution in [-0.4, -0.2) is 26.4 Å². The van der Waals surface area contributed by atoms with Gasteiger partial charge in [-0.3, -0.25) is 19.3 Å². The van der Waals surface area contributed by atoms with Gasteiger partial charge in [-0.1, -0.05) is 6.07 Å².